The Balaban J connectivity index is 2.08. The molecule has 0 atom stereocenters. The number of hydrogen-bond donors (Lipinski definition) is 2. The summed E-state index contributed by atoms with van der Waals surface area (Å²) in [6, 6.07) is 3.66. The van der Waals surface area contributed by atoms with Gasteiger partial charge in [-0.1, -0.05) is 6.07 Å². The van der Waals surface area contributed by atoms with E-state index < -0.39 is 0 Å². The minimum atomic E-state index is -0.285. The lowest BCUT2D eigenvalue weighted by Gasteiger charge is -2.13. The first kappa shape index (κ1) is 14.8. The summed E-state index contributed by atoms with van der Waals surface area (Å²) in [5.41, 5.74) is 7.22. The summed E-state index contributed by atoms with van der Waals surface area (Å²) in [5.74, 6) is 0.234. The molecule has 0 saturated heterocycles. The van der Waals surface area contributed by atoms with E-state index in [1.165, 1.54) is 10.9 Å². The quantitative estimate of drug-likeness (QED) is 0.860. The summed E-state index contributed by atoms with van der Waals surface area (Å²) < 4.78 is 7.06. The van der Waals surface area contributed by atoms with Gasteiger partial charge in [0.05, 0.1) is 18.0 Å². The summed E-state index contributed by atoms with van der Waals surface area (Å²) in [4.78, 5) is 16.3. The lowest BCUT2D eigenvalue weighted by atomic mass is 10.2. The highest BCUT2D eigenvalue weighted by Gasteiger charge is 2.15. The molecule has 2 aromatic heterocycles. The molecule has 112 valence electrons. The first-order valence-electron chi connectivity index (χ1n) is 6.65. The molecule has 1 amide bonds. The molecule has 7 heteroatoms. The number of aromatic nitrogens is 3. The predicted molar refractivity (Wildman–Crippen MR) is 78.8 cm³/mol. The van der Waals surface area contributed by atoms with Crippen molar-refractivity contribution >= 4 is 11.6 Å². The lowest BCUT2D eigenvalue weighted by molar-refractivity contribution is 0.0942. The fraction of sp³-hybridized carbons (Fsp3) is 0.357. The Morgan fingerprint density at radius 1 is 1.52 bits per heavy atom. The maximum atomic E-state index is 12.1. The van der Waals surface area contributed by atoms with Crippen LogP contribution in [-0.4, -0.2) is 26.8 Å². The van der Waals surface area contributed by atoms with Gasteiger partial charge in [0.1, 0.15) is 5.69 Å². The number of rotatable bonds is 5. The molecule has 0 fully saturated rings. The van der Waals surface area contributed by atoms with E-state index in [4.69, 9.17) is 10.5 Å². The van der Waals surface area contributed by atoms with Gasteiger partial charge in [0, 0.05) is 25.4 Å². The van der Waals surface area contributed by atoms with Crippen molar-refractivity contribution in [3.05, 3.63) is 35.8 Å². The third-order valence-corrected chi connectivity index (χ3v) is 2.82. The molecule has 3 N–H and O–H groups in total. The predicted octanol–water partition coefficient (Wildman–Crippen LogP) is 1.11. The van der Waals surface area contributed by atoms with E-state index in [1.54, 1.807) is 19.3 Å². The van der Waals surface area contributed by atoms with Crippen LogP contribution < -0.4 is 15.8 Å². The number of nitrogens with zero attached hydrogens (tertiary/aromatic N) is 3. The van der Waals surface area contributed by atoms with E-state index in [2.05, 4.69) is 15.4 Å². The molecule has 0 radical (unpaired) electrons. The maximum Gasteiger partial charge on any atom is 0.271 e. The van der Waals surface area contributed by atoms with Crippen LogP contribution in [0.25, 0.3) is 0 Å². The first-order valence-corrected chi connectivity index (χ1v) is 6.65. The van der Waals surface area contributed by atoms with Crippen LogP contribution in [0.1, 0.15) is 29.9 Å². The van der Waals surface area contributed by atoms with Gasteiger partial charge in [0.2, 0.25) is 5.88 Å². The van der Waals surface area contributed by atoms with Gasteiger partial charge in [-0.25, -0.2) is 4.98 Å². The third-order valence-electron chi connectivity index (χ3n) is 2.82. The first-order chi connectivity index (χ1) is 9.99. The van der Waals surface area contributed by atoms with Crippen LogP contribution in [0, 0.1) is 0 Å². The molecule has 0 bridgehead atoms. The average molecular weight is 289 g/mol. The highest BCUT2D eigenvalue weighted by molar-refractivity contribution is 5.97. The number of nitrogens with two attached hydrogens (primary N) is 1. The largest absolute Gasteiger partial charge is 0.475 e. The molecule has 0 aliphatic heterocycles. The Bertz CT molecular complexity index is 617. The highest BCUT2D eigenvalue weighted by atomic mass is 16.5. The number of amides is 1. The number of aryl methyl sites for hydroxylation is 1. The number of pyridine rings is 1. The van der Waals surface area contributed by atoms with Crippen molar-refractivity contribution in [2.75, 3.05) is 5.73 Å². The fourth-order valence-electron chi connectivity index (χ4n) is 1.88. The third kappa shape index (κ3) is 3.50. The van der Waals surface area contributed by atoms with E-state index in [0.29, 0.717) is 23.8 Å². The highest BCUT2D eigenvalue weighted by Crippen LogP contribution is 2.16. The molecular formula is C14H19N5O2. The molecule has 7 nitrogen and oxygen atoms in total. The second kappa shape index (κ2) is 6.25. The van der Waals surface area contributed by atoms with Gasteiger partial charge in [-0.2, -0.15) is 5.10 Å². The fourth-order valence-corrected chi connectivity index (χ4v) is 1.88. The minimum Gasteiger partial charge on any atom is -0.475 e. The normalized spacial score (nSPS) is 10.7. The van der Waals surface area contributed by atoms with E-state index in [0.717, 1.165) is 5.56 Å². The number of carbonyl (C=O) groups excluding carboxylic acids is 1. The topological polar surface area (TPSA) is 95.1 Å². The number of hydrogen-bond acceptors (Lipinski definition) is 5. The standard InChI is InChI=1S/C14H19N5O2/c1-9(2)21-14-10(5-4-6-16-14)7-17-13(20)12-11(15)8-18-19(12)3/h4-6,8-9H,7,15H2,1-3H3,(H,17,20). The van der Waals surface area contributed by atoms with E-state index in [1.807, 2.05) is 19.9 Å². The molecule has 0 spiro atoms. The Labute approximate surface area is 123 Å². The van der Waals surface area contributed by atoms with Gasteiger partial charge in [-0.05, 0) is 19.9 Å². The van der Waals surface area contributed by atoms with Crippen molar-refractivity contribution in [2.24, 2.45) is 7.05 Å². The second-order valence-electron chi connectivity index (χ2n) is 4.89. The zero-order valence-corrected chi connectivity index (χ0v) is 12.3. The van der Waals surface area contributed by atoms with Gasteiger partial charge in [0.15, 0.2) is 0 Å². The molecule has 0 aromatic carbocycles. The van der Waals surface area contributed by atoms with Crippen molar-refractivity contribution in [1.29, 1.82) is 0 Å². The Morgan fingerprint density at radius 2 is 2.29 bits per heavy atom. The van der Waals surface area contributed by atoms with Crippen LogP contribution in [0.4, 0.5) is 5.69 Å². The summed E-state index contributed by atoms with van der Waals surface area (Å²) in [7, 11) is 1.67. The summed E-state index contributed by atoms with van der Waals surface area (Å²) in [5, 5.41) is 6.74. The minimum absolute atomic E-state index is 0.0158. The zero-order valence-electron chi connectivity index (χ0n) is 12.3. The van der Waals surface area contributed by atoms with Crippen molar-refractivity contribution in [2.45, 2.75) is 26.5 Å². The molecule has 0 saturated carbocycles. The van der Waals surface area contributed by atoms with Crippen LogP contribution in [0.2, 0.25) is 0 Å². The van der Waals surface area contributed by atoms with Gasteiger partial charge < -0.3 is 15.8 Å². The number of ether oxygens (including phenoxy) is 1. The van der Waals surface area contributed by atoms with Crippen LogP contribution >= 0.6 is 0 Å². The van der Waals surface area contributed by atoms with E-state index in [9.17, 15) is 4.79 Å². The van der Waals surface area contributed by atoms with E-state index in [-0.39, 0.29) is 12.0 Å². The van der Waals surface area contributed by atoms with Crippen molar-refractivity contribution in [3.8, 4) is 5.88 Å². The van der Waals surface area contributed by atoms with Gasteiger partial charge in [-0.15, -0.1) is 0 Å². The van der Waals surface area contributed by atoms with Gasteiger partial charge in [0.25, 0.3) is 5.91 Å². The molecule has 2 heterocycles. The number of carbonyl (C=O) groups is 1. The SMILES string of the molecule is CC(C)Oc1ncccc1CNC(=O)c1c(N)cnn1C. The molecule has 2 rings (SSSR count). The molecule has 2 aromatic rings. The van der Waals surface area contributed by atoms with Crippen molar-refractivity contribution in [3.63, 3.8) is 0 Å². The number of nitrogen functional groups attached to an aromatic ring is 1. The molecule has 0 aliphatic rings. The van der Waals surface area contributed by atoms with Crippen LogP contribution in [0.3, 0.4) is 0 Å². The molecule has 0 aliphatic carbocycles. The molecule has 21 heavy (non-hydrogen) atoms. The second-order valence-corrected chi connectivity index (χ2v) is 4.89. The van der Waals surface area contributed by atoms with Crippen LogP contribution in [0.15, 0.2) is 24.5 Å². The van der Waals surface area contributed by atoms with Crippen molar-refractivity contribution < 1.29 is 9.53 Å². The number of nitrogens with one attached hydrogen (secondary N) is 1. The molecule has 0 unspecified atom stereocenters. The Morgan fingerprint density at radius 3 is 2.90 bits per heavy atom. The maximum absolute atomic E-state index is 12.1. The van der Waals surface area contributed by atoms with Crippen molar-refractivity contribution in [1.82, 2.24) is 20.1 Å². The smallest absolute Gasteiger partial charge is 0.271 e. The Hall–Kier alpha value is -2.57. The van der Waals surface area contributed by atoms with Gasteiger partial charge in [-0.3, -0.25) is 9.48 Å². The zero-order chi connectivity index (χ0) is 15.4. The van der Waals surface area contributed by atoms with Crippen LogP contribution in [0.5, 0.6) is 5.88 Å². The molecular weight excluding hydrogens is 270 g/mol. The van der Waals surface area contributed by atoms with Crippen LogP contribution in [-0.2, 0) is 13.6 Å². The summed E-state index contributed by atoms with van der Waals surface area (Å²) in [6.45, 7) is 4.15. The van der Waals surface area contributed by atoms with Gasteiger partial charge >= 0.3 is 0 Å². The summed E-state index contributed by atoms with van der Waals surface area (Å²) >= 11 is 0. The Kier molecular flexibility index (Phi) is 4.42. The monoisotopic (exact) mass is 289 g/mol. The van der Waals surface area contributed by atoms with E-state index >= 15 is 0 Å². The average Bonchev–Trinajstić information content (AvgIpc) is 2.76. The lowest BCUT2D eigenvalue weighted by Crippen LogP contribution is -2.26. The summed E-state index contributed by atoms with van der Waals surface area (Å²) in [6.07, 6.45) is 3.12. The number of anilines is 1.